The monoisotopic (exact) mass is 332 g/mol. The van der Waals surface area contributed by atoms with E-state index in [0.29, 0.717) is 11.1 Å². The summed E-state index contributed by atoms with van der Waals surface area (Å²) in [6.07, 6.45) is 1.47. The summed E-state index contributed by atoms with van der Waals surface area (Å²) >= 11 is 0. The van der Waals surface area contributed by atoms with Gasteiger partial charge in [-0.05, 0) is 35.4 Å². The van der Waals surface area contributed by atoms with Gasteiger partial charge in [0.05, 0.1) is 0 Å². The molecule has 0 bridgehead atoms. The number of carbonyl (C=O) groups excluding carboxylic acids is 1. The zero-order valence-electron chi connectivity index (χ0n) is 13.2. The zero-order chi connectivity index (χ0) is 17.4. The molecule has 122 valence electrons. The van der Waals surface area contributed by atoms with Gasteiger partial charge in [0.2, 0.25) is 0 Å². The Bertz CT molecular complexity index is 990. The second-order valence-corrected chi connectivity index (χ2v) is 6.03. The molecule has 3 aromatic rings. The molecular weight excluding hydrogens is 318 g/mol. The number of ketones is 1. The number of fused-ring (bicyclic) bond motifs is 1. The first-order valence-electron chi connectivity index (χ1n) is 8.00. The summed E-state index contributed by atoms with van der Waals surface area (Å²) in [4.78, 5) is 12.9. The summed E-state index contributed by atoms with van der Waals surface area (Å²) < 4.78 is 27.6. The highest BCUT2D eigenvalue weighted by Crippen LogP contribution is 2.42. The van der Waals surface area contributed by atoms with Gasteiger partial charge < -0.3 is 0 Å². The van der Waals surface area contributed by atoms with Crippen LogP contribution in [0.15, 0.2) is 78.4 Å². The van der Waals surface area contributed by atoms with Crippen molar-refractivity contribution in [3.05, 3.63) is 112 Å². The van der Waals surface area contributed by atoms with E-state index in [0.717, 1.165) is 29.3 Å². The number of Topliss-reactive ketones (excluding diaryl/α,β-unsaturated/α-hetero) is 1. The van der Waals surface area contributed by atoms with Gasteiger partial charge in [0, 0.05) is 22.6 Å². The van der Waals surface area contributed by atoms with Crippen LogP contribution in [0.2, 0.25) is 0 Å². The molecule has 0 fully saturated rings. The number of allylic oxidation sites excluding steroid dienone is 1. The van der Waals surface area contributed by atoms with Gasteiger partial charge in [0.15, 0.2) is 5.78 Å². The molecule has 0 amide bonds. The van der Waals surface area contributed by atoms with Crippen LogP contribution in [0.1, 0.15) is 33.0 Å². The van der Waals surface area contributed by atoms with Crippen LogP contribution < -0.4 is 0 Å². The first-order valence-corrected chi connectivity index (χ1v) is 8.00. The molecule has 0 heterocycles. The van der Waals surface area contributed by atoms with Gasteiger partial charge in [0.1, 0.15) is 11.6 Å². The Morgan fingerprint density at radius 2 is 1.56 bits per heavy atom. The van der Waals surface area contributed by atoms with Gasteiger partial charge in [-0.15, -0.1) is 0 Å². The summed E-state index contributed by atoms with van der Waals surface area (Å²) in [5.74, 6) is -1.52. The van der Waals surface area contributed by atoms with Crippen molar-refractivity contribution in [3.63, 3.8) is 0 Å². The highest BCUT2D eigenvalue weighted by atomic mass is 19.1. The predicted molar refractivity (Wildman–Crippen MR) is 93.4 cm³/mol. The third-order valence-electron chi connectivity index (χ3n) is 4.49. The molecule has 0 spiro atoms. The van der Waals surface area contributed by atoms with Crippen LogP contribution >= 0.6 is 0 Å². The molecule has 0 saturated carbocycles. The molecule has 0 radical (unpaired) electrons. The molecule has 25 heavy (non-hydrogen) atoms. The fourth-order valence-corrected chi connectivity index (χ4v) is 3.36. The van der Waals surface area contributed by atoms with Gasteiger partial charge in [-0.25, -0.2) is 8.78 Å². The second kappa shape index (κ2) is 6.10. The molecule has 1 aliphatic carbocycles. The van der Waals surface area contributed by atoms with E-state index in [2.05, 4.69) is 0 Å². The maximum absolute atomic E-state index is 14.1. The Morgan fingerprint density at radius 1 is 0.840 bits per heavy atom. The lowest BCUT2D eigenvalue weighted by Gasteiger charge is -2.14. The van der Waals surface area contributed by atoms with E-state index >= 15 is 0 Å². The van der Waals surface area contributed by atoms with Crippen molar-refractivity contribution in [2.24, 2.45) is 0 Å². The van der Waals surface area contributed by atoms with E-state index in [9.17, 15) is 13.6 Å². The number of halogens is 2. The van der Waals surface area contributed by atoms with Crippen LogP contribution in [0.25, 0.3) is 6.08 Å². The number of benzene rings is 3. The molecule has 1 atom stereocenters. The maximum Gasteiger partial charge on any atom is 0.190 e. The predicted octanol–water partition coefficient (Wildman–Crippen LogP) is 5.38. The zero-order valence-corrected chi connectivity index (χ0v) is 13.2. The van der Waals surface area contributed by atoms with Gasteiger partial charge in [0.25, 0.3) is 0 Å². The SMILES string of the molecule is O=C1/C(=C\c2cc(F)ccc2F)C(c2ccccc2)c2ccccc21. The van der Waals surface area contributed by atoms with Crippen molar-refractivity contribution in [1.29, 1.82) is 0 Å². The molecule has 0 aliphatic heterocycles. The van der Waals surface area contributed by atoms with Crippen molar-refractivity contribution in [3.8, 4) is 0 Å². The van der Waals surface area contributed by atoms with Gasteiger partial charge >= 0.3 is 0 Å². The first-order chi connectivity index (χ1) is 12.1. The molecule has 0 aromatic heterocycles. The molecule has 4 rings (SSSR count). The number of hydrogen-bond donors (Lipinski definition) is 0. The largest absolute Gasteiger partial charge is 0.289 e. The topological polar surface area (TPSA) is 17.1 Å². The summed E-state index contributed by atoms with van der Waals surface area (Å²) in [6.45, 7) is 0. The van der Waals surface area contributed by atoms with Gasteiger partial charge in [-0.2, -0.15) is 0 Å². The summed E-state index contributed by atoms with van der Waals surface area (Å²) in [7, 11) is 0. The molecular formula is C22H14F2O. The number of rotatable bonds is 2. The van der Waals surface area contributed by atoms with Crippen LogP contribution in [-0.4, -0.2) is 5.78 Å². The average molecular weight is 332 g/mol. The standard InChI is InChI=1S/C22H14F2O/c23-16-10-11-20(24)15(12-16)13-19-21(14-6-2-1-3-7-14)17-8-4-5-9-18(17)22(19)25/h1-13,21H/b19-13-. The van der Waals surface area contributed by atoms with E-state index in [1.165, 1.54) is 6.08 Å². The van der Waals surface area contributed by atoms with Crippen LogP contribution in [0.5, 0.6) is 0 Å². The minimum absolute atomic E-state index is 0.0806. The Morgan fingerprint density at radius 3 is 2.36 bits per heavy atom. The van der Waals surface area contributed by atoms with Crippen molar-refractivity contribution >= 4 is 11.9 Å². The fourth-order valence-electron chi connectivity index (χ4n) is 3.36. The quantitative estimate of drug-likeness (QED) is 0.576. The lowest BCUT2D eigenvalue weighted by atomic mass is 9.89. The van der Waals surface area contributed by atoms with Crippen molar-refractivity contribution in [2.75, 3.05) is 0 Å². The number of hydrogen-bond acceptors (Lipinski definition) is 1. The molecule has 1 aliphatic rings. The maximum atomic E-state index is 14.1. The fraction of sp³-hybridized carbons (Fsp3) is 0.0455. The highest BCUT2D eigenvalue weighted by Gasteiger charge is 2.35. The van der Waals surface area contributed by atoms with Crippen molar-refractivity contribution in [2.45, 2.75) is 5.92 Å². The molecule has 0 N–H and O–H groups in total. The molecule has 0 saturated heterocycles. The molecule has 3 heteroatoms. The van der Waals surface area contributed by atoms with Crippen LogP contribution in [0.3, 0.4) is 0 Å². The molecule has 3 aromatic carbocycles. The lowest BCUT2D eigenvalue weighted by Crippen LogP contribution is -2.03. The minimum Gasteiger partial charge on any atom is -0.289 e. The Kier molecular flexibility index (Phi) is 3.77. The van der Waals surface area contributed by atoms with Crippen LogP contribution in [0.4, 0.5) is 8.78 Å². The highest BCUT2D eigenvalue weighted by molar-refractivity contribution is 6.17. The Hall–Kier alpha value is -3.07. The summed E-state index contributed by atoms with van der Waals surface area (Å²) in [5.41, 5.74) is 2.99. The third-order valence-corrected chi connectivity index (χ3v) is 4.49. The van der Waals surface area contributed by atoms with Gasteiger partial charge in [-0.1, -0.05) is 54.6 Å². The molecule has 1 unspecified atom stereocenters. The van der Waals surface area contributed by atoms with Gasteiger partial charge in [-0.3, -0.25) is 4.79 Å². The van der Waals surface area contributed by atoms with E-state index in [1.807, 2.05) is 48.5 Å². The average Bonchev–Trinajstić information content (AvgIpc) is 2.91. The Labute approximate surface area is 144 Å². The molecule has 1 nitrogen and oxygen atoms in total. The lowest BCUT2D eigenvalue weighted by molar-refractivity contribution is 0.103. The van der Waals surface area contributed by atoms with Crippen LogP contribution in [-0.2, 0) is 0 Å². The van der Waals surface area contributed by atoms with E-state index < -0.39 is 11.6 Å². The van der Waals surface area contributed by atoms with Crippen LogP contribution in [0, 0.1) is 11.6 Å². The summed E-state index contributed by atoms with van der Waals surface area (Å²) in [5, 5.41) is 0. The van der Waals surface area contributed by atoms with E-state index in [1.54, 1.807) is 6.07 Å². The minimum atomic E-state index is -0.551. The first kappa shape index (κ1) is 15.5. The van der Waals surface area contributed by atoms with E-state index in [4.69, 9.17) is 0 Å². The number of carbonyl (C=O) groups is 1. The smallest absolute Gasteiger partial charge is 0.190 e. The third kappa shape index (κ3) is 2.68. The van der Waals surface area contributed by atoms with E-state index in [-0.39, 0.29) is 17.3 Å². The van der Waals surface area contributed by atoms with Crippen molar-refractivity contribution < 1.29 is 13.6 Å². The summed E-state index contributed by atoms with van der Waals surface area (Å²) in [6, 6.07) is 20.2. The second-order valence-electron chi connectivity index (χ2n) is 6.03. The Balaban J connectivity index is 1.93. The normalized spacial score (nSPS) is 17.8. The van der Waals surface area contributed by atoms with Crippen molar-refractivity contribution in [1.82, 2.24) is 0 Å².